The van der Waals surface area contributed by atoms with Gasteiger partial charge in [0.15, 0.2) is 18.0 Å². The molecule has 0 aliphatic carbocycles. The number of hydrogen-bond acceptors (Lipinski definition) is 13. The molecular weight excluding hydrogens is 573 g/mol. The van der Waals surface area contributed by atoms with Crippen molar-refractivity contribution < 1.29 is 38.6 Å². The lowest BCUT2D eigenvalue weighted by molar-refractivity contribution is -0.170. The van der Waals surface area contributed by atoms with E-state index in [0.717, 1.165) is 10.1 Å². The molecule has 2 aromatic carbocycles. The molecule has 4 N–H and O–H groups in total. The molecule has 3 aromatic rings. The van der Waals surface area contributed by atoms with Gasteiger partial charge in [-0.2, -0.15) is 4.98 Å². The predicted octanol–water partition coefficient (Wildman–Crippen LogP) is 1.53. The van der Waals surface area contributed by atoms with Gasteiger partial charge in [-0.05, 0) is 36.2 Å². The van der Waals surface area contributed by atoms with Gasteiger partial charge in [0.05, 0.1) is 0 Å². The van der Waals surface area contributed by atoms with Crippen LogP contribution in [0.25, 0.3) is 10.4 Å². The van der Waals surface area contributed by atoms with Gasteiger partial charge in [-0.1, -0.05) is 52.3 Å². The molecule has 16 nitrogen and oxygen atoms in total. The van der Waals surface area contributed by atoms with E-state index in [4.69, 9.17) is 30.0 Å². The minimum atomic E-state index is -2.77. The zero-order valence-electron chi connectivity index (χ0n) is 22.0. The van der Waals surface area contributed by atoms with Crippen LogP contribution < -0.4 is 25.6 Å². The first kappa shape index (κ1) is 30.4. The molecule has 1 fully saturated rings. The summed E-state index contributed by atoms with van der Waals surface area (Å²) >= 11 is 0. The average Bonchev–Trinajstić information content (AvgIpc) is 3.21. The zero-order valence-corrected chi connectivity index (χ0v) is 22.9. The smallest absolute Gasteiger partial charge is 0.395 e. The molecule has 1 saturated heterocycles. The molecule has 220 valence electrons. The molecule has 1 aromatic heterocycles. The average molecular weight is 599 g/mol. The SMILES string of the molecule is C[C@H](N=[P+]([O-])Oc1ccccc1OC[C@@]1(N=[N+]=[N-])O[C@@H](n2ccc(N)nc2=O)[C@H](O)[C@@H]1O)C(=O)OCc1ccccc1. The Morgan fingerprint density at radius 1 is 1.24 bits per heavy atom. The highest BCUT2D eigenvalue weighted by Gasteiger charge is 2.56. The number of ether oxygens (including phenoxy) is 3. The zero-order chi connectivity index (χ0) is 30.3. The first-order valence-corrected chi connectivity index (χ1v) is 13.5. The standard InChI is InChI=1S/C25H26N7O9P/c1-15(23(35)38-13-16-7-3-2-4-8-16)29-42(37)41-18-10-6-5-9-17(18)39-14-25(30-31-27)21(34)20(33)22(40-25)32-12-11-19(26)28-24(32)36/h2-12,15,20-22,33-34H,13-14H2,1H3,(H2,26,28,36)/t15-,20+,21-,22+,25+/m0/s1. The minimum absolute atomic E-state index is 0.0216. The molecule has 1 aliphatic heterocycles. The number of carbonyl (C=O) groups is 1. The molecule has 2 heterocycles. The molecule has 0 amide bonds. The normalized spacial score (nSPS) is 22.6. The second kappa shape index (κ2) is 13.4. The lowest BCUT2D eigenvalue weighted by atomic mass is 10.1. The number of azide groups is 1. The van der Waals surface area contributed by atoms with E-state index in [2.05, 4.69) is 19.8 Å². The van der Waals surface area contributed by atoms with Crippen LogP contribution in [-0.2, 0) is 20.9 Å². The third-order valence-electron chi connectivity index (χ3n) is 6.03. The van der Waals surface area contributed by atoms with Gasteiger partial charge in [-0.15, -0.1) is 0 Å². The summed E-state index contributed by atoms with van der Waals surface area (Å²) in [5.74, 6) is -0.869. The van der Waals surface area contributed by atoms with Crippen LogP contribution in [0.5, 0.6) is 11.5 Å². The maximum Gasteiger partial charge on any atom is 0.395 e. The Morgan fingerprint density at radius 3 is 2.62 bits per heavy atom. The molecular formula is C25H26N7O9P. The van der Waals surface area contributed by atoms with Crippen LogP contribution in [-0.4, -0.2) is 56.3 Å². The van der Waals surface area contributed by atoms with E-state index in [0.29, 0.717) is 0 Å². The summed E-state index contributed by atoms with van der Waals surface area (Å²) in [6.07, 6.45) is -3.88. The molecule has 6 atom stereocenters. The molecule has 0 saturated carbocycles. The number of nitrogen functional groups attached to an aromatic ring is 1. The number of para-hydroxylation sites is 2. The summed E-state index contributed by atoms with van der Waals surface area (Å²) < 4.78 is 26.7. The summed E-state index contributed by atoms with van der Waals surface area (Å²) in [6, 6.07) is 15.1. The summed E-state index contributed by atoms with van der Waals surface area (Å²) in [7, 11) is -2.77. The van der Waals surface area contributed by atoms with E-state index >= 15 is 0 Å². The van der Waals surface area contributed by atoms with Crippen molar-refractivity contribution in [2.75, 3.05) is 12.3 Å². The Balaban J connectivity index is 1.45. The van der Waals surface area contributed by atoms with E-state index in [9.17, 15) is 24.7 Å². The Kier molecular flexibility index (Phi) is 9.70. The number of anilines is 1. The van der Waals surface area contributed by atoms with Crippen molar-refractivity contribution in [3.05, 3.63) is 93.4 Å². The van der Waals surface area contributed by atoms with Crippen molar-refractivity contribution in [1.29, 1.82) is 0 Å². The number of benzene rings is 2. The van der Waals surface area contributed by atoms with Crippen LogP contribution in [0.15, 0.2) is 81.5 Å². The van der Waals surface area contributed by atoms with Gasteiger partial charge >= 0.3 is 19.8 Å². The van der Waals surface area contributed by atoms with Gasteiger partial charge in [-0.25, -0.2) is 9.59 Å². The molecule has 0 spiro atoms. The van der Waals surface area contributed by atoms with Gasteiger partial charge in [0.1, 0.15) is 31.2 Å². The fourth-order valence-corrected chi connectivity index (χ4v) is 4.63. The Morgan fingerprint density at radius 2 is 1.93 bits per heavy atom. The number of hydrogen-bond donors (Lipinski definition) is 3. The minimum Gasteiger partial charge on any atom is -0.575 e. The number of rotatable bonds is 11. The number of aromatic nitrogens is 2. The van der Waals surface area contributed by atoms with Crippen molar-refractivity contribution in [2.45, 2.75) is 43.7 Å². The Bertz CT molecular complexity index is 1550. The van der Waals surface area contributed by atoms with Gasteiger partial charge < -0.3 is 35.1 Å². The summed E-state index contributed by atoms with van der Waals surface area (Å²) in [5.41, 5.74) is 12.4. The number of aliphatic hydroxyl groups is 2. The van der Waals surface area contributed by atoms with Crippen molar-refractivity contribution in [1.82, 2.24) is 9.55 Å². The van der Waals surface area contributed by atoms with E-state index < -0.39 is 56.6 Å². The molecule has 4 rings (SSSR count). The quantitative estimate of drug-likeness (QED) is 0.0938. The highest BCUT2D eigenvalue weighted by molar-refractivity contribution is 7.34. The topological polar surface area (TPSA) is 240 Å². The molecule has 1 unspecified atom stereocenters. The third-order valence-corrected chi connectivity index (χ3v) is 6.92. The van der Waals surface area contributed by atoms with Crippen molar-refractivity contribution in [2.24, 2.45) is 9.86 Å². The number of carbonyl (C=O) groups excluding carboxylic acids is 1. The van der Waals surface area contributed by atoms with E-state index in [-0.39, 0.29) is 23.9 Å². The first-order valence-electron chi connectivity index (χ1n) is 12.4. The second-order valence-corrected chi connectivity index (χ2v) is 9.86. The molecule has 0 bridgehead atoms. The number of nitrogens with two attached hydrogens (primary N) is 1. The number of nitrogens with zero attached hydrogens (tertiary/aromatic N) is 6. The van der Waals surface area contributed by atoms with Crippen LogP contribution >= 0.6 is 8.17 Å². The summed E-state index contributed by atoms with van der Waals surface area (Å²) in [5, 5.41) is 24.9. The monoisotopic (exact) mass is 599 g/mol. The van der Waals surface area contributed by atoms with Crippen LogP contribution in [0.4, 0.5) is 5.82 Å². The summed E-state index contributed by atoms with van der Waals surface area (Å²) in [6.45, 7) is 0.756. The third kappa shape index (κ3) is 7.01. The van der Waals surface area contributed by atoms with Crippen molar-refractivity contribution in [3.63, 3.8) is 0 Å². The van der Waals surface area contributed by atoms with Crippen LogP contribution in [0.1, 0.15) is 18.7 Å². The highest BCUT2D eigenvalue weighted by atomic mass is 31.1. The van der Waals surface area contributed by atoms with Gasteiger partial charge in [0, 0.05) is 11.1 Å². The predicted molar refractivity (Wildman–Crippen MR) is 145 cm³/mol. The molecule has 17 heteroatoms. The van der Waals surface area contributed by atoms with Crippen molar-refractivity contribution >= 4 is 20.0 Å². The number of esters is 1. The second-order valence-electron chi connectivity index (χ2n) is 8.97. The van der Waals surface area contributed by atoms with E-state index in [1.807, 2.05) is 6.07 Å². The van der Waals surface area contributed by atoms with Crippen LogP contribution in [0.2, 0.25) is 0 Å². The Labute approximate surface area is 239 Å². The fourth-order valence-electron chi connectivity index (χ4n) is 3.89. The lowest BCUT2D eigenvalue weighted by Crippen LogP contribution is -2.46. The van der Waals surface area contributed by atoms with E-state index in [1.54, 1.807) is 36.4 Å². The highest BCUT2D eigenvalue weighted by Crippen LogP contribution is 2.40. The Hall–Kier alpha value is -4.56. The van der Waals surface area contributed by atoms with Crippen LogP contribution in [0, 0.1) is 0 Å². The van der Waals surface area contributed by atoms with Crippen molar-refractivity contribution in [3.8, 4) is 11.5 Å². The maximum absolute atomic E-state index is 12.6. The molecule has 1 aliphatic rings. The van der Waals surface area contributed by atoms with Gasteiger partial charge in [-0.3, -0.25) is 9.09 Å². The lowest BCUT2D eigenvalue weighted by Gasteiger charge is -2.26. The fraction of sp³-hybridized carbons (Fsp3) is 0.320. The van der Waals surface area contributed by atoms with E-state index in [1.165, 1.54) is 31.3 Å². The van der Waals surface area contributed by atoms with Gasteiger partial charge in [0.25, 0.3) is 0 Å². The van der Waals surface area contributed by atoms with Crippen LogP contribution in [0.3, 0.4) is 0 Å². The largest absolute Gasteiger partial charge is 0.575 e. The maximum atomic E-state index is 12.6. The molecule has 42 heavy (non-hydrogen) atoms. The summed E-state index contributed by atoms with van der Waals surface area (Å²) in [4.78, 5) is 43.4. The van der Waals surface area contributed by atoms with Gasteiger partial charge in [0.2, 0.25) is 11.5 Å². The first-order chi connectivity index (χ1) is 20.1. The number of aliphatic hydroxyl groups excluding tert-OH is 2. The molecule has 0 radical (unpaired) electrons.